The Kier molecular flexibility index (Phi) is 5.87. The molecule has 0 aliphatic carbocycles. The Hall–Kier alpha value is -1.75. The van der Waals surface area contributed by atoms with Crippen LogP contribution in [-0.4, -0.2) is 37.2 Å². The van der Waals surface area contributed by atoms with Crippen molar-refractivity contribution in [3.63, 3.8) is 0 Å². The highest BCUT2D eigenvalue weighted by molar-refractivity contribution is 5.91. The van der Waals surface area contributed by atoms with Gasteiger partial charge in [0.15, 0.2) is 11.5 Å². The third-order valence-corrected chi connectivity index (χ3v) is 3.39. The molecule has 0 unspecified atom stereocenters. The molecule has 1 aromatic rings. The van der Waals surface area contributed by atoms with Crippen LogP contribution in [0.2, 0.25) is 0 Å². The van der Waals surface area contributed by atoms with Crippen LogP contribution in [-0.2, 0) is 4.79 Å². The van der Waals surface area contributed by atoms with E-state index in [1.807, 2.05) is 12.1 Å². The molecule has 0 saturated carbocycles. The number of nitrogens with zero attached hydrogens (tertiary/aromatic N) is 1. The molecule has 0 spiro atoms. The zero-order valence-electron chi connectivity index (χ0n) is 12.9. The predicted molar refractivity (Wildman–Crippen MR) is 82.8 cm³/mol. The number of benzene rings is 1. The number of anilines is 1. The van der Waals surface area contributed by atoms with Crippen molar-refractivity contribution < 1.29 is 14.3 Å². The molecule has 0 bridgehead atoms. The molecule has 1 aliphatic rings. The van der Waals surface area contributed by atoms with Gasteiger partial charge in [0.05, 0.1) is 0 Å². The Balaban J connectivity index is 1.81. The van der Waals surface area contributed by atoms with E-state index in [1.54, 1.807) is 6.07 Å². The first-order valence-corrected chi connectivity index (χ1v) is 7.64. The molecular weight excluding hydrogens is 268 g/mol. The molecule has 0 atom stereocenters. The van der Waals surface area contributed by atoms with Gasteiger partial charge in [-0.2, -0.15) is 0 Å². The van der Waals surface area contributed by atoms with Crippen molar-refractivity contribution >= 4 is 11.6 Å². The van der Waals surface area contributed by atoms with Gasteiger partial charge in [-0.05, 0) is 38.1 Å². The van der Waals surface area contributed by atoms with E-state index in [0.29, 0.717) is 12.2 Å². The second-order valence-corrected chi connectivity index (χ2v) is 5.21. The van der Waals surface area contributed by atoms with E-state index in [-0.39, 0.29) is 12.7 Å². The largest absolute Gasteiger partial charge is 0.454 e. The lowest BCUT2D eigenvalue weighted by Gasteiger charge is -2.20. The Morgan fingerprint density at radius 1 is 1.14 bits per heavy atom. The summed E-state index contributed by atoms with van der Waals surface area (Å²) in [5.74, 6) is 1.45. The molecule has 0 radical (unpaired) electrons. The van der Waals surface area contributed by atoms with E-state index >= 15 is 0 Å². The fraction of sp³-hybridized carbons (Fsp3) is 0.562. The maximum Gasteiger partial charge on any atom is 0.231 e. The number of carbonyl (C=O) groups is 1. The summed E-state index contributed by atoms with van der Waals surface area (Å²) in [6, 6.07) is 5.45. The smallest absolute Gasteiger partial charge is 0.231 e. The molecule has 2 rings (SSSR count). The average Bonchev–Trinajstić information content (AvgIpc) is 2.93. The Morgan fingerprint density at radius 3 is 2.57 bits per heavy atom. The van der Waals surface area contributed by atoms with Gasteiger partial charge in [-0.3, -0.25) is 4.79 Å². The number of nitrogens with one attached hydrogen (secondary N) is 1. The average molecular weight is 292 g/mol. The summed E-state index contributed by atoms with van der Waals surface area (Å²) in [4.78, 5) is 14.3. The van der Waals surface area contributed by atoms with Gasteiger partial charge in [-0.25, -0.2) is 0 Å². The lowest BCUT2D eigenvalue weighted by atomic mass is 10.2. The number of rotatable bonds is 8. The van der Waals surface area contributed by atoms with E-state index < -0.39 is 0 Å². The molecule has 1 aliphatic heterocycles. The molecule has 0 fully saturated rings. The van der Waals surface area contributed by atoms with Gasteiger partial charge in [-0.15, -0.1) is 0 Å². The standard InChI is InChI=1S/C16H24N2O3/c1-3-8-18(9-4-2)10-7-16(19)17-13-5-6-14-15(11-13)21-12-20-14/h5-6,11H,3-4,7-10,12H2,1-2H3,(H,17,19). The Bertz CT molecular complexity index is 471. The summed E-state index contributed by atoms with van der Waals surface area (Å²) >= 11 is 0. The third-order valence-electron chi connectivity index (χ3n) is 3.39. The van der Waals surface area contributed by atoms with Crippen LogP contribution < -0.4 is 14.8 Å². The highest BCUT2D eigenvalue weighted by atomic mass is 16.7. The Morgan fingerprint density at radius 2 is 1.86 bits per heavy atom. The maximum atomic E-state index is 12.0. The molecule has 0 saturated heterocycles. The monoisotopic (exact) mass is 292 g/mol. The summed E-state index contributed by atoms with van der Waals surface area (Å²) < 4.78 is 10.6. The number of fused-ring (bicyclic) bond motifs is 1. The first kappa shape index (κ1) is 15.6. The third kappa shape index (κ3) is 4.63. The van der Waals surface area contributed by atoms with Crippen molar-refractivity contribution in [1.82, 2.24) is 4.90 Å². The van der Waals surface area contributed by atoms with Crippen LogP contribution in [0, 0.1) is 0 Å². The summed E-state index contributed by atoms with van der Waals surface area (Å²) in [5, 5.41) is 2.91. The number of carbonyl (C=O) groups excluding carboxylic acids is 1. The normalized spacial score (nSPS) is 12.7. The molecule has 1 amide bonds. The molecule has 5 heteroatoms. The molecule has 116 valence electrons. The highest BCUT2D eigenvalue weighted by Gasteiger charge is 2.14. The molecule has 1 heterocycles. The van der Waals surface area contributed by atoms with E-state index in [4.69, 9.17) is 9.47 Å². The zero-order chi connectivity index (χ0) is 15.1. The molecule has 21 heavy (non-hydrogen) atoms. The molecule has 5 nitrogen and oxygen atoms in total. The lowest BCUT2D eigenvalue weighted by molar-refractivity contribution is -0.116. The fourth-order valence-electron chi connectivity index (χ4n) is 2.43. The highest BCUT2D eigenvalue weighted by Crippen LogP contribution is 2.34. The van der Waals surface area contributed by atoms with E-state index in [2.05, 4.69) is 24.1 Å². The van der Waals surface area contributed by atoms with E-state index in [1.165, 1.54) is 0 Å². The van der Waals surface area contributed by atoms with E-state index in [0.717, 1.165) is 43.9 Å². The van der Waals surface area contributed by atoms with Gasteiger partial charge in [0.1, 0.15) is 0 Å². The van der Waals surface area contributed by atoms with Gasteiger partial charge in [0.25, 0.3) is 0 Å². The maximum absolute atomic E-state index is 12.0. The van der Waals surface area contributed by atoms with Gasteiger partial charge in [0, 0.05) is 24.7 Å². The molecule has 0 aromatic heterocycles. The minimum atomic E-state index is 0.0334. The van der Waals surface area contributed by atoms with Gasteiger partial charge in [-0.1, -0.05) is 13.8 Å². The number of amides is 1. The van der Waals surface area contributed by atoms with E-state index in [9.17, 15) is 4.79 Å². The van der Waals surface area contributed by atoms with Gasteiger partial charge < -0.3 is 19.7 Å². The number of hydrogen-bond donors (Lipinski definition) is 1. The number of ether oxygens (including phenoxy) is 2. The van der Waals surface area contributed by atoms with Crippen LogP contribution in [0.5, 0.6) is 11.5 Å². The predicted octanol–water partition coefficient (Wildman–Crippen LogP) is 2.87. The molecule has 1 N–H and O–H groups in total. The van der Waals surface area contributed by atoms with Crippen LogP contribution in [0.25, 0.3) is 0 Å². The van der Waals surface area contributed by atoms with Crippen molar-refractivity contribution in [3.05, 3.63) is 18.2 Å². The van der Waals surface area contributed by atoms with Crippen molar-refractivity contribution in [3.8, 4) is 11.5 Å². The second kappa shape index (κ2) is 7.88. The molecular formula is C16H24N2O3. The van der Waals surface area contributed by atoms with Gasteiger partial charge >= 0.3 is 0 Å². The summed E-state index contributed by atoms with van der Waals surface area (Å²) in [5.41, 5.74) is 0.752. The van der Waals surface area contributed by atoms with Crippen LogP contribution in [0.15, 0.2) is 18.2 Å². The van der Waals surface area contributed by atoms with Crippen molar-refractivity contribution in [2.75, 3.05) is 31.7 Å². The second-order valence-electron chi connectivity index (χ2n) is 5.21. The lowest BCUT2D eigenvalue weighted by Crippen LogP contribution is -2.29. The van der Waals surface area contributed by atoms with Crippen LogP contribution in [0.1, 0.15) is 33.1 Å². The molecule has 1 aromatic carbocycles. The van der Waals surface area contributed by atoms with Crippen molar-refractivity contribution in [1.29, 1.82) is 0 Å². The Labute approximate surface area is 126 Å². The first-order valence-electron chi connectivity index (χ1n) is 7.64. The quantitative estimate of drug-likeness (QED) is 0.800. The van der Waals surface area contributed by atoms with Crippen molar-refractivity contribution in [2.24, 2.45) is 0 Å². The SMILES string of the molecule is CCCN(CCC)CCC(=O)Nc1ccc2c(c1)OCO2. The number of hydrogen-bond acceptors (Lipinski definition) is 4. The van der Waals surface area contributed by atoms with Crippen LogP contribution in [0.4, 0.5) is 5.69 Å². The zero-order valence-corrected chi connectivity index (χ0v) is 12.9. The van der Waals surface area contributed by atoms with Gasteiger partial charge in [0.2, 0.25) is 12.7 Å². The minimum absolute atomic E-state index is 0.0334. The topological polar surface area (TPSA) is 50.8 Å². The van der Waals surface area contributed by atoms with Crippen LogP contribution >= 0.6 is 0 Å². The minimum Gasteiger partial charge on any atom is -0.454 e. The summed E-state index contributed by atoms with van der Waals surface area (Å²) in [7, 11) is 0. The fourth-order valence-corrected chi connectivity index (χ4v) is 2.43. The van der Waals surface area contributed by atoms with Crippen LogP contribution in [0.3, 0.4) is 0 Å². The summed E-state index contributed by atoms with van der Waals surface area (Å²) in [6.07, 6.45) is 2.74. The van der Waals surface area contributed by atoms with Crippen molar-refractivity contribution in [2.45, 2.75) is 33.1 Å². The first-order chi connectivity index (χ1) is 10.2. The summed E-state index contributed by atoms with van der Waals surface area (Å²) in [6.45, 7) is 7.47.